The Hall–Kier alpha value is -3.79. The highest BCUT2D eigenvalue weighted by molar-refractivity contribution is 8.01. The molecule has 2 atom stereocenters. The van der Waals surface area contributed by atoms with Crippen LogP contribution in [0.3, 0.4) is 0 Å². The number of fused-ring (bicyclic) bond motifs is 1. The van der Waals surface area contributed by atoms with E-state index < -0.39 is 40.3 Å². The van der Waals surface area contributed by atoms with Crippen LogP contribution in [0.1, 0.15) is 5.76 Å². The van der Waals surface area contributed by atoms with Gasteiger partial charge in [0.05, 0.1) is 6.26 Å². The summed E-state index contributed by atoms with van der Waals surface area (Å²) in [5, 5.41) is 21.5. The highest BCUT2D eigenvalue weighted by Crippen LogP contribution is 2.41. The normalized spacial score (nSPS) is 19.8. The van der Waals surface area contributed by atoms with Gasteiger partial charge in [-0.2, -0.15) is 0 Å². The Morgan fingerprint density at radius 1 is 1.43 bits per heavy atom. The van der Waals surface area contributed by atoms with Crippen molar-refractivity contribution in [2.45, 2.75) is 16.6 Å². The number of oxime groups is 1. The van der Waals surface area contributed by atoms with Gasteiger partial charge in [0.2, 0.25) is 5.71 Å². The molecule has 1 saturated heterocycles. The number of carbonyl (C=O) groups is 3. The first-order valence-corrected chi connectivity index (χ1v) is 11.9. The standard InChI is InChI=1S/C19H18N6O8S2/c1-24-16(29)14(27)21-22-19(24)35-7-8-6-34-17-11(15(28)25(17)12(8)18(30)31)20-13(26)10(23-32-2)9-4-3-5-33-9/h3-5,11,17H,6-7H2,1-2H3,(H,20,26)(H,21,27)(H,30,31)/t11-,17-/m1/s1. The summed E-state index contributed by atoms with van der Waals surface area (Å²) in [5.74, 6) is -2.11. The zero-order valence-corrected chi connectivity index (χ0v) is 19.8. The zero-order valence-electron chi connectivity index (χ0n) is 18.2. The lowest BCUT2D eigenvalue weighted by molar-refractivity contribution is -0.150. The molecule has 184 valence electrons. The number of rotatable bonds is 8. The molecule has 2 aromatic heterocycles. The molecule has 2 aromatic rings. The molecule has 35 heavy (non-hydrogen) atoms. The molecule has 0 radical (unpaired) electrons. The molecule has 3 N–H and O–H groups in total. The molecule has 2 aliphatic rings. The molecule has 0 unspecified atom stereocenters. The number of H-pyrrole nitrogens is 1. The van der Waals surface area contributed by atoms with Crippen molar-refractivity contribution in [3.05, 3.63) is 56.1 Å². The third-order valence-corrected chi connectivity index (χ3v) is 7.56. The molecular formula is C19H18N6O8S2. The van der Waals surface area contributed by atoms with Crippen LogP contribution in [-0.4, -0.2) is 78.3 Å². The summed E-state index contributed by atoms with van der Waals surface area (Å²) in [6.07, 6.45) is 1.35. The highest BCUT2D eigenvalue weighted by atomic mass is 32.2. The van der Waals surface area contributed by atoms with Gasteiger partial charge < -0.3 is 19.7 Å². The van der Waals surface area contributed by atoms with E-state index in [2.05, 4.69) is 20.7 Å². The molecule has 2 amide bonds. The van der Waals surface area contributed by atoms with Crippen LogP contribution in [0.15, 0.2) is 54.0 Å². The van der Waals surface area contributed by atoms with Crippen LogP contribution < -0.4 is 16.4 Å². The van der Waals surface area contributed by atoms with Gasteiger partial charge in [-0.3, -0.25) is 28.6 Å². The molecular weight excluding hydrogens is 504 g/mol. The maximum atomic E-state index is 12.9. The van der Waals surface area contributed by atoms with Gasteiger partial charge in [-0.25, -0.2) is 9.89 Å². The largest absolute Gasteiger partial charge is 0.477 e. The van der Waals surface area contributed by atoms with Crippen molar-refractivity contribution in [2.75, 3.05) is 18.6 Å². The summed E-state index contributed by atoms with van der Waals surface area (Å²) < 4.78 is 6.24. The summed E-state index contributed by atoms with van der Waals surface area (Å²) in [6.45, 7) is 0. The second-order valence-electron chi connectivity index (χ2n) is 7.21. The molecule has 0 bridgehead atoms. The summed E-state index contributed by atoms with van der Waals surface area (Å²) in [6, 6.07) is 2.09. The molecule has 0 aromatic carbocycles. The van der Waals surface area contributed by atoms with Crippen LogP contribution in [-0.2, 0) is 26.3 Å². The Morgan fingerprint density at radius 3 is 2.86 bits per heavy atom. The smallest absolute Gasteiger partial charge is 0.352 e. The van der Waals surface area contributed by atoms with Crippen LogP contribution in [0, 0.1) is 0 Å². The van der Waals surface area contributed by atoms with Gasteiger partial charge in [0.15, 0.2) is 10.9 Å². The van der Waals surface area contributed by atoms with Gasteiger partial charge in [-0.05, 0) is 17.7 Å². The van der Waals surface area contributed by atoms with Gasteiger partial charge >= 0.3 is 17.1 Å². The van der Waals surface area contributed by atoms with Crippen molar-refractivity contribution in [3.63, 3.8) is 0 Å². The third kappa shape index (κ3) is 4.49. The SMILES string of the molecule is CON=C(C(=O)N[C@@H]1C(=O)N2C(C(=O)O)=C(CSc3n[nH]c(=O)c(=O)n3C)CS[C@H]12)c1ccco1. The van der Waals surface area contributed by atoms with Crippen LogP contribution in [0.2, 0.25) is 0 Å². The Bertz CT molecular complexity index is 1360. The summed E-state index contributed by atoms with van der Waals surface area (Å²) in [7, 11) is 2.63. The second-order valence-corrected chi connectivity index (χ2v) is 9.25. The fraction of sp³-hybridized carbons (Fsp3) is 0.316. The van der Waals surface area contributed by atoms with Crippen LogP contribution in [0.4, 0.5) is 0 Å². The Kier molecular flexibility index (Phi) is 6.83. The topological polar surface area (TPSA) is 189 Å². The lowest BCUT2D eigenvalue weighted by atomic mass is 10.0. The van der Waals surface area contributed by atoms with Gasteiger partial charge in [-0.1, -0.05) is 16.9 Å². The van der Waals surface area contributed by atoms with Crippen LogP contribution >= 0.6 is 23.5 Å². The Labute approximate surface area is 204 Å². The lowest BCUT2D eigenvalue weighted by Gasteiger charge is -2.49. The Balaban J connectivity index is 1.51. The van der Waals surface area contributed by atoms with Gasteiger partial charge in [0.1, 0.15) is 24.2 Å². The van der Waals surface area contributed by atoms with Crippen molar-refractivity contribution >= 4 is 47.0 Å². The van der Waals surface area contributed by atoms with E-state index in [0.29, 0.717) is 5.57 Å². The first-order valence-electron chi connectivity index (χ1n) is 9.89. The van der Waals surface area contributed by atoms with Crippen molar-refractivity contribution in [1.29, 1.82) is 0 Å². The number of furan rings is 1. The summed E-state index contributed by atoms with van der Waals surface area (Å²) >= 11 is 2.32. The number of aromatic amines is 1. The van der Waals surface area contributed by atoms with Crippen LogP contribution in [0.25, 0.3) is 0 Å². The maximum absolute atomic E-state index is 12.9. The fourth-order valence-electron chi connectivity index (χ4n) is 3.45. The number of aromatic nitrogens is 3. The van der Waals surface area contributed by atoms with Crippen molar-refractivity contribution < 1.29 is 28.7 Å². The fourth-order valence-corrected chi connectivity index (χ4v) is 5.85. The Morgan fingerprint density at radius 2 is 2.20 bits per heavy atom. The van der Waals surface area contributed by atoms with E-state index >= 15 is 0 Å². The molecule has 4 rings (SSSR count). The van der Waals surface area contributed by atoms with Crippen molar-refractivity contribution in [2.24, 2.45) is 12.2 Å². The molecule has 16 heteroatoms. The van der Waals surface area contributed by atoms with Crippen molar-refractivity contribution in [3.8, 4) is 0 Å². The van der Waals surface area contributed by atoms with E-state index in [4.69, 9.17) is 9.25 Å². The maximum Gasteiger partial charge on any atom is 0.352 e. The van der Waals surface area contributed by atoms with Gasteiger partial charge in [0.25, 0.3) is 11.8 Å². The minimum Gasteiger partial charge on any atom is -0.477 e. The van der Waals surface area contributed by atoms with E-state index in [9.17, 15) is 29.1 Å². The van der Waals surface area contributed by atoms with E-state index in [0.717, 1.165) is 21.2 Å². The first-order chi connectivity index (χ1) is 16.7. The first kappa shape index (κ1) is 24.3. The average Bonchev–Trinajstić information content (AvgIpc) is 3.37. The highest BCUT2D eigenvalue weighted by Gasteiger charge is 2.54. The number of β-lactam (4-membered cyclic amide) rings is 1. The number of aliphatic carboxylic acids is 1. The zero-order chi connectivity index (χ0) is 25.3. The van der Waals surface area contributed by atoms with E-state index in [1.165, 1.54) is 38.2 Å². The number of nitrogens with one attached hydrogen (secondary N) is 2. The number of hydrogen-bond acceptors (Lipinski definition) is 11. The molecule has 1 fully saturated rings. The van der Waals surface area contributed by atoms with Gasteiger partial charge in [-0.15, -0.1) is 16.9 Å². The number of carbonyl (C=O) groups excluding carboxylic acids is 2. The molecule has 4 heterocycles. The van der Waals surface area contributed by atoms with Gasteiger partial charge in [0, 0.05) is 18.6 Å². The average molecular weight is 523 g/mol. The summed E-state index contributed by atoms with van der Waals surface area (Å²) in [4.78, 5) is 66.6. The minimum atomic E-state index is -1.30. The van der Waals surface area contributed by atoms with Crippen molar-refractivity contribution in [1.82, 2.24) is 25.0 Å². The summed E-state index contributed by atoms with van der Waals surface area (Å²) in [5.41, 5.74) is -1.60. The third-order valence-electron chi connectivity index (χ3n) is 5.10. The predicted molar refractivity (Wildman–Crippen MR) is 123 cm³/mol. The number of hydrogen-bond donors (Lipinski definition) is 3. The lowest BCUT2D eigenvalue weighted by Crippen LogP contribution is -2.71. The van der Waals surface area contributed by atoms with Crippen LogP contribution in [0.5, 0.6) is 0 Å². The minimum absolute atomic E-state index is 0.109. The monoisotopic (exact) mass is 522 g/mol. The van der Waals surface area contributed by atoms with E-state index in [1.807, 2.05) is 0 Å². The molecule has 0 saturated carbocycles. The molecule has 0 aliphatic carbocycles. The molecule has 14 nitrogen and oxygen atoms in total. The number of nitrogens with zero attached hydrogens (tertiary/aromatic N) is 4. The van der Waals surface area contributed by atoms with E-state index in [-0.39, 0.29) is 33.8 Å². The quantitative estimate of drug-likeness (QED) is 0.126. The number of carboxylic acid groups (broad SMARTS) is 1. The van der Waals surface area contributed by atoms with E-state index in [1.54, 1.807) is 6.07 Å². The molecule has 0 spiro atoms. The predicted octanol–water partition coefficient (Wildman–Crippen LogP) is -1.06. The number of thioether (sulfide) groups is 2. The second kappa shape index (κ2) is 9.83. The molecule has 2 aliphatic heterocycles. The number of amides is 2. The number of carboxylic acids is 1.